The van der Waals surface area contributed by atoms with Crippen LogP contribution in [-0.2, 0) is 35.1 Å². The van der Waals surface area contributed by atoms with Gasteiger partial charge in [0.2, 0.25) is 6.79 Å². The number of benzene rings is 1. The summed E-state index contributed by atoms with van der Waals surface area (Å²) < 4.78 is 34.2. The van der Waals surface area contributed by atoms with Crippen LogP contribution in [0.25, 0.3) is 0 Å². The number of hydrogen-bond donors (Lipinski definition) is 4. The lowest BCUT2D eigenvalue weighted by Crippen LogP contribution is -2.52. The third-order valence-electron chi connectivity index (χ3n) is 10.2. The second-order valence-corrected chi connectivity index (χ2v) is 14.6. The van der Waals surface area contributed by atoms with Crippen LogP contribution in [0.5, 0.6) is 11.5 Å². The van der Waals surface area contributed by atoms with Gasteiger partial charge in [-0.1, -0.05) is 51.1 Å². The average molecular weight is 716 g/mol. The molecule has 2 unspecified atom stereocenters. The number of ether oxygens (including phenoxy) is 6. The summed E-state index contributed by atoms with van der Waals surface area (Å²) in [4.78, 5) is 24.7. The Kier molecular flexibility index (Phi) is 13.9. The van der Waals surface area contributed by atoms with E-state index in [1.165, 1.54) is 13.8 Å². The molecule has 0 radical (unpaired) electrons. The van der Waals surface area contributed by atoms with E-state index in [0.29, 0.717) is 23.6 Å². The zero-order valence-electron chi connectivity index (χ0n) is 31.2. The lowest BCUT2D eigenvalue weighted by atomic mass is 9.87. The summed E-state index contributed by atoms with van der Waals surface area (Å²) in [6.07, 6.45) is 6.23. The second kappa shape index (κ2) is 17.5. The number of epoxide rings is 1. The number of esters is 2. The number of methoxy groups -OCH3 is 1. The molecular weight excluding hydrogens is 658 g/mol. The van der Waals surface area contributed by atoms with Gasteiger partial charge in [0, 0.05) is 32.4 Å². The van der Waals surface area contributed by atoms with Crippen LogP contribution in [0.4, 0.5) is 0 Å². The van der Waals surface area contributed by atoms with E-state index < -0.39 is 53.4 Å². The van der Waals surface area contributed by atoms with Crippen molar-refractivity contribution in [2.24, 2.45) is 11.8 Å². The van der Waals surface area contributed by atoms with Gasteiger partial charge in [-0.3, -0.25) is 9.59 Å². The smallest absolute Gasteiger partial charge is 0.309 e. The Bertz CT molecular complexity index is 1430. The number of allylic oxidation sites excluding steroid dienone is 2. The van der Waals surface area contributed by atoms with E-state index in [4.69, 9.17) is 28.4 Å². The number of aliphatic hydroxyl groups is 3. The first-order chi connectivity index (χ1) is 24.1. The van der Waals surface area contributed by atoms with Crippen molar-refractivity contribution in [2.45, 2.75) is 135 Å². The minimum atomic E-state index is -1.46. The van der Waals surface area contributed by atoms with Crippen molar-refractivity contribution in [3.05, 3.63) is 59.7 Å². The van der Waals surface area contributed by atoms with Gasteiger partial charge in [0.15, 0.2) is 11.5 Å². The molecule has 0 saturated carbocycles. The van der Waals surface area contributed by atoms with Crippen LogP contribution in [-0.4, -0.2) is 95.0 Å². The van der Waals surface area contributed by atoms with Crippen molar-refractivity contribution < 1.29 is 53.3 Å². The molecule has 0 spiro atoms. The number of hydrogen-bond acceptors (Lipinski definition) is 12. The third-order valence-corrected chi connectivity index (χ3v) is 10.2. The maximum absolute atomic E-state index is 12.9. The van der Waals surface area contributed by atoms with Gasteiger partial charge in [0.25, 0.3) is 0 Å². The molecular formula is C39H57NO11. The van der Waals surface area contributed by atoms with E-state index in [-0.39, 0.29) is 50.3 Å². The van der Waals surface area contributed by atoms with Gasteiger partial charge < -0.3 is 49.1 Å². The van der Waals surface area contributed by atoms with Crippen LogP contribution in [0.1, 0.15) is 79.7 Å². The normalized spacial score (nSPS) is 32.1. The minimum absolute atomic E-state index is 0.0156. The lowest BCUT2D eigenvalue weighted by Gasteiger charge is -2.32. The zero-order chi connectivity index (χ0) is 37.5. The van der Waals surface area contributed by atoms with E-state index >= 15 is 0 Å². The van der Waals surface area contributed by atoms with Crippen molar-refractivity contribution in [2.75, 3.05) is 13.9 Å². The van der Waals surface area contributed by atoms with E-state index in [1.54, 1.807) is 44.4 Å². The van der Waals surface area contributed by atoms with Crippen molar-refractivity contribution >= 4 is 11.9 Å². The fourth-order valence-corrected chi connectivity index (χ4v) is 6.95. The fourth-order valence-electron chi connectivity index (χ4n) is 6.95. The van der Waals surface area contributed by atoms with Crippen LogP contribution >= 0.6 is 0 Å². The average Bonchev–Trinajstić information content (AvgIpc) is 3.70. The molecule has 0 bridgehead atoms. The number of cyclic esters (lactones) is 1. The molecule has 3 aliphatic rings. The predicted molar refractivity (Wildman–Crippen MR) is 190 cm³/mol. The van der Waals surface area contributed by atoms with Crippen LogP contribution in [0.2, 0.25) is 0 Å². The molecule has 0 aromatic heterocycles. The number of fused-ring (bicyclic) bond motifs is 1. The highest BCUT2D eigenvalue weighted by molar-refractivity contribution is 5.70. The Morgan fingerprint density at radius 3 is 2.61 bits per heavy atom. The summed E-state index contributed by atoms with van der Waals surface area (Å²) in [6.45, 7) is 13.0. The van der Waals surface area contributed by atoms with Crippen LogP contribution in [0.15, 0.2) is 54.2 Å². The Balaban J connectivity index is 1.56. The lowest BCUT2D eigenvalue weighted by molar-refractivity contribution is -0.157. The Hall–Kier alpha value is -3.26. The summed E-state index contributed by atoms with van der Waals surface area (Å²) in [7, 11) is 1.70. The largest absolute Gasteiger partial charge is 0.457 e. The molecule has 3 aliphatic heterocycles. The van der Waals surface area contributed by atoms with E-state index in [2.05, 4.69) is 19.2 Å². The van der Waals surface area contributed by atoms with Gasteiger partial charge in [-0.05, 0) is 69.4 Å². The molecule has 0 aliphatic carbocycles. The number of aliphatic hydroxyl groups excluding tert-OH is 1. The molecule has 1 aromatic rings. The monoisotopic (exact) mass is 715 g/mol. The highest BCUT2D eigenvalue weighted by Crippen LogP contribution is 2.39. The molecule has 4 rings (SSSR count). The molecule has 11 atom stereocenters. The molecule has 1 saturated heterocycles. The number of nitrogens with one attached hydrogen (secondary N) is 1. The maximum Gasteiger partial charge on any atom is 0.309 e. The molecule has 1 fully saturated rings. The molecule has 1 aromatic carbocycles. The molecule has 284 valence electrons. The van der Waals surface area contributed by atoms with Gasteiger partial charge in [-0.2, -0.15) is 0 Å². The van der Waals surface area contributed by atoms with E-state index in [0.717, 1.165) is 12.0 Å². The topological polar surface area (TPSA) is 166 Å². The quantitative estimate of drug-likeness (QED) is 0.0993. The Labute approximate surface area is 301 Å². The predicted octanol–water partition coefficient (Wildman–Crippen LogP) is 4.29. The summed E-state index contributed by atoms with van der Waals surface area (Å²) in [5.74, 6) is -0.0394. The van der Waals surface area contributed by atoms with Crippen molar-refractivity contribution in [3.63, 3.8) is 0 Å². The number of carbonyl (C=O) groups excluding carboxylic acids is 2. The molecule has 3 heterocycles. The molecule has 0 amide bonds. The van der Waals surface area contributed by atoms with E-state index in [1.807, 2.05) is 32.0 Å². The van der Waals surface area contributed by atoms with E-state index in [9.17, 15) is 24.9 Å². The van der Waals surface area contributed by atoms with Crippen LogP contribution < -0.4 is 14.8 Å². The summed E-state index contributed by atoms with van der Waals surface area (Å²) in [5, 5.41) is 37.1. The standard InChI is InChI=1S/C39H57NO11/c1-9-29(46-8)25(4)35-36(51-35)37(40-21-27-13-14-30-31(19-27)48-22-47-30)39(7,45)17-10-11-23(2)34-24(3)12-15-32(49-26(5)41)38(6,44)18-16-28(42)20-33(43)50-34/h10-15,17,19,24-25,28-29,32,34-37,40,42,44-45H,9,16,18,20-22H2,1-8H3/b15-12+,17-10+,23-11+/t24-,25+,28+,29-,32-,34-,35+,36-,37?,38+,39?/m0/s1. The molecule has 4 N–H and O–H groups in total. The molecule has 12 nitrogen and oxygen atoms in total. The van der Waals surface area contributed by atoms with Crippen molar-refractivity contribution in [1.29, 1.82) is 0 Å². The Morgan fingerprint density at radius 1 is 1.20 bits per heavy atom. The zero-order valence-corrected chi connectivity index (χ0v) is 31.2. The van der Waals surface area contributed by atoms with Gasteiger partial charge in [0.05, 0.1) is 36.4 Å². The van der Waals surface area contributed by atoms with Crippen LogP contribution in [0, 0.1) is 11.8 Å². The highest BCUT2D eigenvalue weighted by atomic mass is 16.7. The van der Waals surface area contributed by atoms with Gasteiger partial charge in [-0.25, -0.2) is 0 Å². The summed E-state index contributed by atoms with van der Waals surface area (Å²) >= 11 is 0. The Morgan fingerprint density at radius 2 is 1.92 bits per heavy atom. The first kappa shape index (κ1) is 40.5. The third kappa shape index (κ3) is 10.9. The minimum Gasteiger partial charge on any atom is -0.457 e. The van der Waals surface area contributed by atoms with Gasteiger partial charge in [-0.15, -0.1) is 0 Å². The fraction of sp³-hybridized carbons (Fsp3) is 0.641. The molecule has 12 heteroatoms. The first-order valence-corrected chi connectivity index (χ1v) is 17.9. The number of rotatable bonds is 13. The first-order valence-electron chi connectivity index (χ1n) is 17.9. The van der Waals surface area contributed by atoms with Crippen molar-refractivity contribution in [3.8, 4) is 11.5 Å². The van der Waals surface area contributed by atoms with Crippen LogP contribution in [0.3, 0.4) is 0 Å². The summed E-state index contributed by atoms with van der Waals surface area (Å²) in [5.41, 5.74) is -1.19. The summed E-state index contributed by atoms with van der Waals surface area (Å²) in [6, 6.07) is 5.24. The van der Waals surface area contributed by atoms with Crippen molar-refractivity contribution in [1.82, 2.24) is 5.32 Å². The second-order valence-electron chi connectivity index (χ2n) is 14.6. The maximum atomic E-state index is 12.9. The SMILES string of the molecule is CC[C@H](OC)[C@@H](C)[C@H]1O[C@@H]1C(NCc1ccc2c(c1)OCO2)C(C)(O)/C=C/C=C(\C)[C@@H]1OC(=O)C[C@H](O)CC[C@@](C)(O)[C@@H](OC(C)=O)/C=C/[C@@H]1C. The number of carbonyl (C=O) groups is 2. The highest BCUT2D eigenvalue weighted by Gasteiger charge is 2.54. The van der Waals surface area contributed by atoms with Gasteiger partial charge >= 0.3 is 11.9 Å². The van der Waals surface area contributed by atoms with Gasteiger partial charge in [0.1, 0.15) is 23.9 Å². The molecule has 51 heavy (non-hydrogen) atoms.